The van der Waals surface area contributed by atoms with Crippen LogP contribution in [0, 0.1) is 12.8 Å². The number of para-hydroxylation sites is 1. The van der Waals surface area contributed by atoms with Crippen molar-refractivity contribution in [1.82, 2.24) is 10.2 Å². The molecule has 0 spiro atoms. The average Bonchev–Trinajstić information content (AvgIpc) is 2.73. The molecule has 0 atom stereocenters. The lowest BCUT2D eigenvalue weighted by molar-refractivity contribution is -0.133. The van der Waals surface area contributed by atoms with Crippen molar-refractivity contribution < 1.29 is 14.4 Å². The molecule has 3 rings (SSSR count). The number of hydrogen-bond donors (Lipinski definition) is 3. The molecule has 3 N–H and O–H groups in total. The monoisotopic (exact) mass is 394 g/mol. The first kappa shape index (κ1) is 20.4. The fourth-order valence-electron chi connectivity index (χ4n) is 3.32. The number of anilines is 2. The van der Waals surface area contributed by atoms with Crippen LogP contribution in [-0.4, -0.2) is 42.4 Å². The molecule has 1 aliphatic rings. The van der Waals surface area contributed by atoms with E-state index in [2.05, 4.69) is 16.0 Å². The van der Waals surface area contributed by atoms with Gasteiger partial charge in [0.1, 0.15) is 0 Å². The molecule has 1 saturated heterocycles. The van der Waals surface area contributed by atoms with Crippen LogP contribution in [0.15, 0.2) is 54.6 Å². The van der Waals surface area contributed by atoms with Gasteiger partial charge in [0.05, 0.1) is 6.54 Å². The molecule has 0 unspecified atom stereocenters. The predicted molar refractivity (Wildman–Crippen MR) is 113 cm³/mol. The molecule has 1 fully saturated rings. The number of piperidine rings is 1. The molecule has 1 aliphatic heterocycles. The van der Waals surface area contributed by atoms with E-state index in [9.17, 15) is 14.4 Å². The van der Waals surface area contributed by atoms with Crippen LogP contribution < -0.4 is 16.0 Å². The lowest BCUT2D eigenvalue weighted by atomic mass is 9.95. The van der Waals surface area contributed by atoms with Crippen molar-refractivity contribution in [2.45, 2.75) is 19.8 Å². The molecule has 0 bridgehead atoms. The van der Waals surface area contributed by atoms with Crippen LogP contribution in [0.1, 0.15) is 18.4 Å². The number of urea groups is 1. The van der Waals surface area contributed by atoms with Gasteiger partial charge in [-0.3, -0.25) is 9.59 Å². The minimum Gasteiger partial charge on any atom is -0.341 e. The molecular weight excluding hydrogens is 368 g/mol. The van der Waals surface area contributed by atoms with Gasteiger partial charge >= 0.3 is 6.03 Å². The SMILES string of the molecule is Cc1cccc(NC(=O)NCC(=O)N2CCC(C(=O)Nc3ccccc3)CC2)c1. The molecule has 1 heterocycles. The van der Waals surface area contributed by atoms with Crippen molar-refractivity contribution in [2.75, 3.05) is 30.3 Å². The summed E-state index contributed by atoms with van der Waals surface area (Å²) < 4.78 is 0. The molecule has 152 valence electrons. The highest BCUT2D eigenvalue weighted by Crippen LogP contribution is 2.19. The quantitative estimate of drug-likeness (QED) is 0.728. The van der Waals surface area contributed by atoms with E-state index in [1.54, 1.807) is 11.0 Å². The van der Waals surface area contributed by atoms with Crippen LogP contribution in [-0.2, 0) is 9.59 Å². The van der Waals surface area contributed by atoms with Crippen molar-refractivity contribution >= 4 is 29.2 Å². The van der Waals surface area contributed by atoms with E-state index in [0.717, 1.165) is 11.3 Å². The molecule has 0 radical (unpaired) electrons. The highest BCUT2D eigenvalue weighted by atomic mass is 16.2. The Kier molecular flexibility index (Phi) is 6.84. The first-order valence-corrected chi connectivity index (χ1v) is 9.76. The molecule has 2 aromatic carbocycles. The molecule has 0 aliphatic carbocycles. The third-order valence-corrected chi connectivity index (χ3v) is 4.94. The van der Waals surface area contributed by atoms with E-state index in [1.165, 1.54) is 0 Å². The standard InChI is InChI=1S/C22H26N4O3/c1-16-6-5-9-19(14-16)25-22(29)23-15-20(27)26-12-10-17(11-13-26)21(28)24-18-7-3-2-4-8-18/h2-9,14,17H,10-13,15H2,1H3,(H,24,28)(H2,23,25,29). The summed E-state index contributed by atoms with van der Waals surface area (Å²) >= 11 is 0. The number of carbonyl (C=O) groups is 3. The van der Waals surface area contributed by atoms with Gasteiger partial charge in [-0.25, -0.2) is 4.79 Å². The molecular formula is C22H26N4O3. The Morgan fingerprint density at radius 1 is 0.931 bits per heavy atom. The maximum absolute atomic E-state index is 12.4. The maximum Gasteiger partial charge on any atom is 0.319 e. The van der Waals surface area contributed by atoms with Gasteiger partial charge in [-0.1, -0.05) is 30.3 Å². The number of aryl methyl sites for hydroxylation is 1. The largest absolute Gasteiger partial charge is 0.341 e. The third kappa shape index (κ3) is 6.07. The van der Waals surface area contributed by atoms with Gasteiger partial charge in [-0.2, -0.15) is 0 Å². The summed E-state index contributed by atoms with van der Waals surface area (Å²) in [6.45, 7) is 2.88. The Hall–Kier alpha value is -3.35. The summed E-state index contributed by atoms with van der Waals surface area (Å²) in [6, 6.07) is 16.4. The van der Waals surface area contributed by atoms with E-state index in [0.29, 0.717) is 31.6 Å². The number of likely N-dealkylation sites (tertiary alicyclic amines) is 1. The van der Waals surface area contributed by atoms with E-state index in [-0.39, 0.29) is 24.3 Å². The van der Waals surface area contributed by atoms with E-state index in [1.807, 2.05) is 55.5 Å². The highest BCUT2D eigenvalue weighted by molar-refractivity contribution is 5.93. The van der Waals surface area contributed by atoms with Crippen LogP contribution in [0.2, 0.25) is 0 Å². The Balaban J connectivity index is 1.39. The van der Waals surface area contributed by atoms with Gasteiger partial charge in [-0.05, 0) is 49.6 Å². The Labute approximate surface area is 170 Å². The van der Waals surface area contributed by atoms with Crippen LogP contribution >= 0.6 is 0 Å². The summed E-state index contributed by atoms with van der Waals surface area (Å²) in [5, 5.41) is 8.22. The first-order chi connectivity index (χ1) is 14.0. The number of hydrogen-bond acceptors (Lipinski definition) is 3. The van der Waals surface area contributed by atoms with Gasteiger partial charge in [0, 0.05) is 30.4 Å². The van der Waals surface area contributed by atoms with Gasteiger partial charge in [0.25, 0.3) is 0 Å². The molecule has 29 heavy (non-hydrogen) atoms. The zero-order valence-corrected chi connectivity index (χ0v) is 16.5. The lowest BCUT2D eigenvalue weighted by Crippen LogP contribution is -2.46. The van der Waals surface area contributed by atoms with Gasteiger partial charge in [0.15, 0.2) is 0 Å². The number of amides is 4. The van der Waals surface area contributed by atoms with E-state index >= 15 is 0 Å². The fraction of sp³-hybridized carbons (Fsp3) is 0.318. The van der Waals surface area contributed by atoms with Crippen molar-refractivity contribution in [3.8, 4) is 0 Å². The maximum atomic E-state index is 12.4. The van der Waals surface area contributed by atoms with Crippen molar-refractivity contribution in [3.05, 3.63) is 60.2 Å². The number of nitrogens with zero attached hydrogens (tertiary/aromatic N) is 1. The Morgan fingerprint density at radius 3 is 2.31 bits per heavy atom. The van der Waals surface area contributed by atoms with Gasteiger partial charge in [0.2, 0.25) is 11.8 Å². The Morgan fingerprint density at radius 2 is 1.62 bits per heavy atom. The highest BCUT2D eigenvalue weighted by Gasteiger charge is 2.27. The summed E-state index contributed by atoms with van der Waals surface area (Å²) in [7, 11) is 0. The van der Waals surface area contributed by atoms with Gasteiger partial charge < -0.3 is 20.9 Å². The average molecular weight is 394 g/mol. The van der Waals surface area contributed by atoms with E-state index < -0.39 is 6.03 Å². The van der Waals surface area contributed by atoms with Crippen LogP contribution in [0.5, 0.6) is 0 Å². The second-order valence-electron chi connectivity index (χ2n) is 7.19. The Bertz CT molecular complexity index is 861. The minimum absolute atomic E-state index is 0.0149. The third-order valence-electron chi connectivity index (χ3n) is 4.94. The molecule has 7 heteroatoms. The van der Waals surface area contributed by atoms with Crippen molar-refractivity contribution in [1.29, 1.82) is 0 Å². The normalized spacial score (nSPS) is 14.2. The lowest BCUT2D eigenvalue weighted by Gasteiger charge is -2.31. The number of rotatable bonds is 5. The van der Waals surface area contributed by atoms with E-state index in [4.69, 9.17) is 0 Å². The molecule has 4 amide bonds. The molecule has 0 saturated carbocycles. The summed E-state index contributed by atoms with van der Waals surface area (Å²) in [4.78, 5) is 38.4. The number of nitrogens with one attached hydrogen (secondary N) is 3. The fourth-order valence-corrected chi connectivity index (χ4v) is 3.32. The second-order valence-corrected chi connectivity index (χ2v) is 7.19. The molecule has 7 nitrogen and oxygen atoms in total. The molecule has 2 aromatic rings. The van der Waals surface area contributed by atoms with Crippen molar-refractivity contribution in [3.63, 3.8) is 0 Å². The predicted octanol–water partition coefficient (Wildman–Crippen LogP) is 2.99. The minimum atomic E-state index is -0.416. The first-order valence-electron chi connectivity index (χ1n) is 9.76. The summed E-state index contributed by atoms with van der Waals surface area (Å²) in [5.41, 5.74) is 2.50. The van der Waals surface area contributed by atoms with Crippen molar-refractivity contribution in [2.24, 2.45) is 5.92 Å². The van der Waals surface area contributed by atoms with Crippen LogP contribution in [0.3, 0.4) is 0 Å². The zero-order chi connectivity index (χ0) is 20.6. The second kappa shape index (κ2) is 9.73. The van der Waals surface area contributed by atoms with Crippen LogP contribution in [0.25, 0.3) is 0 Å². The molecule has 0 aromatic heterocycles. The smallest absolute Gasteiger partial charge is 0.319 e. The number of carbonyl (C=O) groups excluding carboxylic acids is 3. The van der Waals surface area contributed by atoms with Gasteiger partial charge in [-0.15, -0.1) is 0 Å². The number of benzene rings is 2. The zero-order valence-electron chi connectivity index (χ0n) is 16.5. The summed E-state index contributed by atoms with van der Waals surface area (Å²) in [5.74, 6) is -0.276. The topological polar surface area (TPSA) is 90.5 Å². The summed E-state index contributed by atoms with van der Waals surface area (Å²) in [6.07, 6.45) is 1.22. The van der Waals surface area contributed by atoms with Crippen LogP contribution in [0.4, 0.5) is 16.2 Å².